The Kier molecular flexibility index (Phi) is 7.94. The number of methoxy groups -OCH3 is 1. The number of rotatable bonds is 8. The average molecular weight is 395 g/mol. The number of likely N-dealkylation sites (tertiary alicyclic amines) is 1. The molecule has 2 aromatic carbocycles. The molecule has 156 valence electrons. The fourth-order valence-electron chi connectivity index (χ4n) is 3.80. The van der Waals surface area contributed by atoms with Crippen LogP contribution < -0.4 is 15.4 Å². The van der Waals surface area contributed by atoms with Gasteiger partial charge in [-0.3, -0.25) is 9.89 Å². The zero-order valence-corrected chi connectivity index (χ0v) is 17.9. The molecule has 0 saturated carbocycles. The van der Waals surface area contributed by atoms with E-state index in [9.17, 15) is 0 Å². The van der Waals surface area contributed by atoms with Gasteiger partial charge in [0, 0.05) is 32.6 Å². The Bertz CT molecular complexity index is 782. The van der Waals surface area contributed by atoms with Crippen LogP contribution in [0, 0.1) is 0 Å². The largest absolute Gasteiger partial charge is 0.496 e. The minimum Gasteiger partial charge on any atom is -0.496 e. The minimum atomic E-state index is 0.314. The molecule has 0 amide bonds. The number of hydrogen-bond donors (Lipinski definition) is 2. The minimum absolute atomic E-state index is 0.314. The van der Waals surface area contributed by atoms with Gasteiger partial charge in [-0.05, 0) is 48.7 Å². The fourth-order valence-corrected chi connectivity index (χ4v) is 3.80. The first-order chi connectivity index (χ1) is 14.2. The van der Waals surface area contributed by atoms with Crippen LogP contribution in [0.15, 0.2) is 53.5 Å². The lowest BCUT2D eigenvalue weighted by atomic mass is 10.0. The SMILES string of the molecule is CN=C(NCc1ccc(CN2CCCC2)cc1)NCC(C)c1ccccc1OC. The van der Waals surface area contributed by atoms with E-state index in [4.69, 9.17) is 4.74 Å². The molecule has 1 aliphatic rings. The van der Waals surface area contributed by atoms with Gasteiger partial charge in [0.1, 0.15) is 5.75 Å². The normalized spacial score (nSPS) is 15.9. The molecule has 2 aromatic rings. The number of benzene rings is 2. The van der Waals surface area contributed by atoms with Crippen molar-refractivity contribution >= 4 is 5.96 Å². The molecule has 3 rings (SSSR count). The fraction of sp³-hybridized carbons (Fsp3) is 0.458. The second-order valence-corrected chi connectivity index (χ2v) is 7.75. The Labute approximate surface area is 175 Å². The van der Waals surface area contributed by atoms with E-state index in [1.807, 2.05) is 19.2 Å². The summed E-state index contributed by atoms with van der Waals surface area (Å²) in [6.07, 6.45) is 2.67. The highest BCUT2D eigenvalue weighted by Crippen LogP contribution is 2.25. The zero-order chi connectivity index (χ0) is 20.5. The molecule has 5 heteroatoms. The highest BCUT2D eigenvalue weighted by Gasteiger charge is 2.12. The van der Waals surface area contributed by atoms with Crippen molar-refractivity contribution in [3.63, 3.8) is 0 Å². The molecule has 0 aromatic heterocycles. The number of nitrogens with zero attached hydrogens (tertiary/aromatic N) is 2. The van der Waals surface area contributed by atoms with Gasteiger partial charge in [0.15, 0.2) is 5.96 Å². The number of nitrogens with one attached hydrogen (secondary N) is 2. The molecule has 5 nitrogen and oxygen atoms in total. The van der Waals surface area contributed by atoms with E-state index in [2.05, 4.69) is 63.8 Å². The molecule has 1 unspecified atom stereocenters. The second kappa shape index (κ2) is 10.9. The molecule has 0 bridgehead atoms. The zero-order valence-electron chi connectivity index (χ0n) is 17.9. The van der Waals surface area contributed by atoms with E-state index < -0.39 is 0 Å². The van der Waals surface area contributed by atoms with Crippen molar-refractivity contribution < 1.29 is 4.74 Å². The van der Waals surface area contributed by atoms with Crippen LogP contribution >= 0.6 is 0 Å². The molecular formula is C24H34N4O. The topological polar surface area (TPSA) is 48.9 Å². The highest BCUT2D eigenvalue weighted by molar-refractivity contribution is 5.79. The van der Waals surface area contributed by atoms with E-state index in [1.54, 1.807) is 7.11 Å². The van der Waals surface area contributed by atoms with Crippen molar-refractivity contribution in [2.45, 2.75) is 38.8 Å². The molecule has 2 N–H and O–H groups in total. The van der Waals surface area contributed by atoms with Crippen molar-refractivity contribution in [2.24, 2.45) is 4.99 Å². The third kappa shape index (κ3) is 6.23. The van der Waals surface area contributed by atoms with Crippen LogP contribution in [-0.2, 0) is 13.1 Å². The van der Waals surface area contributed by atoms with Crippen LogP contribution in [0.25, 0.3) is 0 Å². The third-order valence-electron chi connectivity index (χ3n) is 5.56. The summed E-state index contributed by atoms with van der Waals surface area (Å²) in [7, 11) is 3.53. The molecule has 0 radical (unpaired) electrons. The van der Waals surface area contributed by atoms with Gasteiger partial charge in [0.05, 0.1) is 7.11 Å². The number of hydrogen-bond acceptors (Lipinski definition) is 3. The lowest BCUT2D eigenvalue weighted by Gasteiger charge is -2.18. The van der Waals surface area contributed by atoms with Gasteiger partial charge < -0.3 is 15.4 Å². The van der Waals surface area contributed by atoms with Crippen LogP contribution in [0.5, 0.6) is 5.75 Å². The summed E-state index contributed by atoms with van der Waals surface area (Å²) >= 11 is 0. The molecule has 0 aliphatic carbocycles. The van der Waals surface area contributed by atoms with Gasteiger partial charge >= 0.3 is 0 Å². The molecule has 1 aliphatic heterocycles. The average Bonchev–Trinajstić information content (AvgIpc) is 3.27. The Morgan fingerprint density at radius 3 is 2.41 bits per heavy atom. The molecule has 1 atom stereocenters. The predicted molar refractivity (Wildman–Crippen MR) is 121 cm³/mol. The van der Waals surface area contributed by atoms with Crippen LogP contribution in [0.2, 0.25) is 0 Å². The number of aliphatic imine (C=N–C) groups is 1. The van der Waals surface area contributed by atoms with Crippen molar-refractivity contribution in [2.75, 3.05) is 33.8 Å². The van der Waals surface area contributed by atoms with Gasteiger partial charge in [-0.2, -0.15) is 0 Å². The van der Waals surface area contributed by atoms with Crippen molar-refractivity contribution in [3.8, 4) is 5.75 Å². The summed E-state index contributed by atoms with van der Waals surface area (Å²) in [5, 5.41) is 6.84. The predicted octanol–water partition coefficient (Wildman–Crippen LogP) is 3.76. The standard InChI is InChI=1S/C24H34N4O/c1-19(22-8-4-5-9-23(22)29-3)16-26-24(25-2)27-17-20-10-12-21(13-11-20)18-28-14-6-7-15-28/h4-5,8-13,19H,6-7,14-18H2,1-3H3,(H2,25,26,27). The molecule has 1 heterocycles. The van der Waals surface area contributed by atoms with Gasteiger partial charge in [0.25, 0.3) is 0 Å². The lowest BCUT2D eigenvalue weighted by molar-refractivity contribution is 0.331. The Hall–Kier alpha value is -2.53. The Morgan fingerprint density at radius 1 is 1.03 bits per heavy atom. The first kappa shape index (κ1) is 21.2. The summed E-state index contributed by atoms with van der Waals surface area (Å²) in [5.74, 6) is 2.06. The van der Waals surface area contributed by atoms with Crippen molar-refractivity contribution in [1.82, 2.24) is 15.5 Å². The highest BCUT2D eigenvalue weighted by atomic mass is 16.5. The van der Waals surface area contributed by atoms with E-state index >= 15 is 0 Å². The number of para-hydroxylation sites is 1. The summed E-state index contributed by atoms with van der Waals surface area (Å²) in [4.78, 5) is 6.88. The van der Waals surface area contributed by atoms with Crippen LogP contribution in [-0.4, -0.2) is 44.7 Å². The smallest absolute Gasteiger partial charge is 0.191 e. The number of ether oxygens (including phenoxy) is 1. The van der Waals surface area contributed by atoms with Crippen LogP contribution in [0.4, 0.5) is 0 Å². The van der Waals surface area contributed by atoms with Crippen molar-refractivity contribution in [1.29, 1.82) is 0 Å². The van der Waals surface area contributed by atoms with E-state index in [0.29, 0.717) is 5.92 Å². The Balaban J connectivity index is 1.46. The second-order valence-electron chi connectivity index (χ2n) is 7.75. The quantitative estimate of drug-likeness (QED) is 0.529. The molecule has 1 saturated heterocycles. The maximum atomic E-state index is 5.48. The van der Waals surface area contributed by atoms with Gasteiger partial charge in [-0.1, -0.05) is 49.4 Å². The van der Waals surface area contributed by atoms with Crippen LogP contribution in [0.1, 0.15) is 42.4 Å². The van der Waals surface area contributed by atoms with Gasteiger partial charge in [0.2, 0.25) is 0 Å². The summed E-state index contributed by atoms with van der Waals surface area (Å²) < 4.78 is 5.48. The first-order valence-corrected chi connectivity index (χ1v) is 10.6. The third-order valence-corrected chi connectivity index (χ3v) is 5.56. The van der Waals surface area contributed by atoms with E-state index in [0.717, 1.165) is 31.3 Å². The molecule has 0 spiro atoms. The van der Waals surface area contributed by atoms with E-state index in [-0.39, 0.29) is 0 Å². The van der Waals surface area contributed by atoms with Gasteiger partial charge in [-0.15, -0.1) is 0 Å². The van der Waals surface area contributed by atoms with E-state index in [1.165, 1.54) is 42.6 Å². The summed E-state index contributed by atoms with van der Waals surface area (Å²) in [5.41, 5.74) is 3.85. The van der Waals surface area contributed by atoms with Crippen LogP contribution in [0.3, 0.4) is 0 Å². The summed E-state index contributed by atoms with van der Waals surface area (Å²) in [6.45, 7) is 7.27. The van der Waals surface area contributed by atoms with Crippen molar-refractivity contribution in [3.05, 3.63) is 65.2 Å². The first-order valence-electron chi connectivity index (χ1n) is 10.6. The maximum Gasteiger partial charge on any atom is 0.191 e. The monoisotopic (exact) mass is 394 g/mol. The Morgan fingerprint density at radius 2 is 1.72 bits per heavy atom. The maximum absolute atomic E-state index is 5.48. The van der Waals surface area contributed by atoms with Gasteiger partial charge in [-0.25, -0.2) is 0 Å². The molecule has 29 heavy (non-hydrogen) atoms. The molecule has 1 fully saturated rings. The summed E-state index contributed by atoms with van der Waals surface area (Å²) in [6, 6.07) is 17.1. The number of guanidine groups is 1. The lowest BCUT2D eigenvalue weighted by Crippen LogP contribution is -2.38. The molecular weight excluding hydrogens is 360 g/mol.